The van der Waals surface area contributed by atoms with Crippen molar-refractivity contribution in [2.45, 2.75) is 44.7 Å². The summed E-state index contributed by atoms with van der Waals surface area (Å²) in [6, 6.07) is 2.94. The Morgan fingerprint density at radius 2 is 2.00 bits per heavy atom. The lowest BCUT2D eigenvalue weighted by Crippen LogP contribution is -2.41. The largest absolute Gasteiger partial charge is 0.477 e. The maximum atomic E-state index is 12.3. The van der Waals surface area contributed by atoms with Gasteiger partial charge in [0.1, 0.15) is 12.1 Å². The molecule has 0 saturated heterocycles. The quantitative estimate of drug-likeness (QED) is 0.908. The van der Waals surface area contributed by atoms with Crippen LogP contribution in [0.3, 0.4) is 0 Å². The third-order valence-electron chi connectivity index (χ3n) is 4.07. The molecule has 1 N–H and O–H groups in total. The van der Waals surface area contributed by atoms with Gasteiger partial charge in [0.25, 0.3) is 5.56 Å². The molecule has 6 heteroatoms. The van der Waals surface area contributed by atoms with Gasteiger partial charge in [0.15, 0.2) is 0 Å². The number of pyridine rings is 1. The zero-order chi connectivity index (χ0) is 15.4. The number of hydrogen-bond donors (Lipinski definition) is 1. The fourth-order valence-corrected chi connectivity index (χ4v) is 2.75. The molecule has 0 aromatic carbocycles. The highest BCUT2D eigenvalue weighted by Crippen LogP contribution is 2.21. The van der Waals surface area contributed by atoms with Crippen LogP contribution in [0.15, 0.2) is 23.1 Å². The molecule has 1 aromatic heterocycles. The maximum absolute atomic E-state index is 12.3. The summed E-state index contributed by atoms with van der Waals surface area (Å²) < 4.78 is 1.16. The normalized spacial score (nSPS) is 15.7. The van der Waals surface area contributed by atoms with E-state index < -0.39 is 11.5 Å². The predicted octanol–water partition coefficient (Wildman–Crippen LogP) is 1.34. The minimum atomic E-state index is -1.28. The van der Waals surface area contributed by atoms with E-state index in [2.05, 4.69) is 0 Å². The van der Waals surface area contributed by atoms with Crippen LogP contribution in [0.25, 0.3) is 0 Å². The van der Waals surface area contributed by atoms with Crippen LogP contribution in [-0.4, -0.2) is 39.5 Å². The van der Waals surface area contributed by atoms with Gasteiger partial charge in [-0.15, -0.1) is 0 Å². The lowest BCUT2D eigenvalue weighted by Gasteiger charge is -2.31. The van der Waals surface area contributed by atoms with E-state index in [1.54, 1.807) is 11.9 Å². The third kappa shape index (κ3) is 3.51. The molecular formula is C15H20N2O4. The van der Waals surface area contributed by atoms with Gasteiger partial charge in [0.2, 0.25) is 5.91 Å². The number of likely N-dealkylation sites (N-methyl/N-ethyl adjacent to an activating group) is 1. The van der Waals surface area contributed by atoms with E-state index >= 15 is 0 Å². The number of aromatic carboxylic acids is 1. The van der Waals surface area contributed by atoms with Crippen molar-refractivity contribution in [3.8, 4) is 0 Å². The van der Waals surface area contributed by atoms with Gasteiger partial charge in [-0.2, -0.15) is 0 Å². The van der Waals surface area contributed by atoms with Gasteiger partial charge in [-0.25, -0.2) is 4.79 Å². The van der Waals surface area contributed by atoms with Crippen molar-refractivity contribution in [1.82, 2.24) is 9.47 Å². The maximum Gasteiger partial charge on any atom is 0.341 e. The fraction of sp³-hybridized carbons (Fsp3) is 0.533. The Hall–Kier alpha value is -2.11. The number of rotatable bonds is 4. The molecule has 0 radical (unpaired) electrons. The standard InChI is InChI=1S/C15H20N2O4/c1-16(11-6-3-2-4-7-11)13(18)10-17-9-5-8-12(14(17)19)15(20)21/h5,8-9,11H,2-4,6-7,10H2,1H3,(H,20,21). The smallest absolute Gasteiger partial charge is 0.341 e. The first-order valence-corrected chi connectivity index (χ1v) is 7.19. The molecule has 1 fully saturated rings. The molecule has 1 aliphatic carbocycles. The zero-order valence-electron chi connectivity index (χ0n) is 12.1. The third-order valence-corrected chi connectivity index (χ3v) is 4.07. The zero-order valence-corrected chi connectivity index (χ0v) is 12.1. The van der Waals surface area contributed by atoms with Crippen molar-refractivity contribution < 1.29 is 14.7 Å². The van der Waals surface area contributed by atoms with Crippen LogP contribution in [0.4, 0.5) is 0 Å². The van der Waals surface area contributed by atoms with Gasteiger partial charge in [0, 0.05) is 19.3 Å². The average molecular weight is 292 g/mol. The van der Waals surface area contributed by atoms with Crippen LogP contribution in [0.5, 0.6) is 0 Å². The molecular weight excluding hydrogens is 272 g/mol. The number of nitrogens with zero attached hydrogens (tertiary/aromatic N) is 2. The molecule has 2 rings (SSSR count). The topological polar surface area (TPSA) is 79.6 Å². The molecule has 0 atom stereocenters. The van der Waals surface area contributed by atoms with E-state index in [9.17, 15) is 14.4 Å². The van der Waals surface area contributed by atoms with E-state index in [1.807, 2.05) is 0 Å². The fourth-order valence-electron chi connectivity index (χ4n) is 2.75. The van der Waals surface area contributed by atoms with Gasteiger partial charge >= 0.3 is 5.97 Å². The van der Waals surface area contributed by atoms with Crippen LogP contribution in [-0.2, 0) is 11.3 Å². The Balaban J connectivity index is 2.10. The number of carboxylic acid groups (broad SMARTS) is 1. The minimum Gasteiger partial charge on any atom is -0.477 e. The van der Waals surface area contributed by atoms with E-state index in [-0.39, 0.29) is 24.1 Å². The van der Waals surface area contributed by atoms with E-state index in [4.69, 9.17) is 5.11 Å². The summed E-state index contributed by atoms with van der Waals surface area (Å²) in [4.78, 5) is 36.8. The molecule has 0 aliphatic heterocycles. The molecule has 0 spiro atoms. The Kier molecular flexibility index (Phi) is 4.77. The highest BCUT2D eigenvalue weighted by atomic mass is 16.4. The number of carbonyl (C=O) groups excluding carboxylic acids is 1. The predicted molar refractivity (Wildman–Crippen MR) is 77.3 cm³/mol. The second-order valence-corrected chi connectivity index (χ2v) is 5.46. The molecule has 6 nitrogen and oxygen atoms in total. The van der Waals surface area contributed by atoms with E-state index in [1.165, 1.54) is 24.8 Å². The van der Waals surface area contributed by atoms with Crippen LogP contribution < -0.4 is 5.56 Å². The van der Waals surface area contributed by atoms with E-state index in [0.717, 1.165) is 30.3 Å². The van der Waals surface area contributed by atoms with Crippen molar-refractivity contribution in [2.24, 2.45) is 0 Å². The van der Waals surface area contributed by atoms with Gasteiger partial charge in [-0.05, 0) is 25.0 Å². The highest BCUT2D eigenvalue weighted by Gasteiger charge is 2.22. The summed E-state index contributed by atoms with van der Waals surface area (Å²) in [5.41, 5.74) is -0.957. The summed E-state index contributed by atoms with van der Waals surface area (Å²) in [5.74, 6) is -1.44. The first-order valence-electron chi connectivity index (χ1n) is 7.19. The number of aromatic nitrogens is 1. The van der Waals surface area contributed by atoms with Crippen molar-refractivity contribution in [1.29, 1.82) is 0 Å². The molecule has 0 bridgehead atoms. The van der Waals surface area contributed by atoms with Gasteiger partial charge < -0.3 is 14.6 Å². The first kappa shape index (κ1) is 15.3. The Morgan fingerprint density at radius 1 is 1.33 bits per heavy atom. The molecule has 114 valence electrons. The van der Waals surface area contributed by atoms with Gasteiger partial charge in [-0.3, -0.25) is 9.59 Å². The molecule has 21 heavy (non-hydrogen) atoms. The van der Waals surface area contributed by atoms with Crippen LogP contribution in [0.2, 0.25) is 0 Å². The Labute approximate surface area is 123 Å². The highest BCUT2D eigenvalue weighted by molar-refractivity contribution is 5.87. The minimum absolute atomic E-state index is 0.118. The SMILES string of the molecule is CN(C(=O)Cn1cccc(C(=O)O)c1=O)C1CCCCC1. The van der Waals surface area contributed by atoms with Crippen molar-refractivity contribution in [3.63, 3.8) is 0 Å². The van der Waals surface area contributed by atoms with E-state index in [0.29, 0.717) is 0 Å². The number of carboxylic acids is 1. The summed E-state index contributed by atoms with van der Waals surface area (Å²) in [7, 11) is 1.75. The van der Waals surface area contributed by atoms with Gasteiger partial charge in [-0.1, -0.05) is 19.3 Å². The van der Waals surface area contributed by atoms with Crippen molar-refractivity contribution >= 4 is 11.9 Å². The molecule has 1 amide bonds. The van der Waals surface area contributed by atoms with Crippen LogP contribution in [0.1, 0.15) is 42.5 Å². The number of carbonyl (C=O) groups is 2. The van der Waals surface area contributed by atoms with Crippen molar-refractivity contribution in [2.75, 3.05) is 7.05 Å². The summed E-state index contributed by atoms with van der Waals surface area (Å²) in [6.07, 6.45) is 6.88. The monoisotopic (exact) mass is 292 g/mol. The molecule has 1 aliphatic rings. The lowest BCUT2D eigenvalue weighted by atomic mass is 9.94. The first-order chi connectivity index (χ1) is 10.0. The van der Waals surface area contributed by atoms with Crippen LogP contribution in [0, 0.1) is 0 Å². The second-order valence-electron chi connectivity index (χ2n) is 5.46. The second kappa shape index (κ2) is 6.56. The van der Waals surface area contributed by atoms with Gasteiger partial charge in [0.05, 0.1) is 0 Å². The van der Waals surface area contributed by atoms with Crippen LogP contribution >= 0.6 is 0 Å². The molecule has 1 aromatic rings. The van der Waals surface area contributed by atoms with Crippen molar-refractivity contribution in [3.05, 3.63) is 34.2 Å². The Morgan fingerprint density at radius 3 is 2.62 bits per heavy atom. The average Bonchev–Trinajstić information content (AvgIpc) is 2.49. The molecule has 1 saturated carbocycles. The number of hydrogen-bond acceptors (Lipinski definition) is 3. The Bertz CT molecular complexity index is 588. The summed E-state index contributed by atoms with van der Waals surface area (Å²) in [6.45, 7) is -0.118. The number of amides is 1. The summed E-state index contributed by atoms with van der Waals surface area (Å²) in [5, 5.41) is 8.93. The lowest BCUT2D eigenvalue weighted by molar-refractivity contribution is -0.133. The molecule has 1 heterocycles. The molecule has 0 unspecified atom stereocenters. The summed E-state index contributed by atoms with van der Waals surface area (Å²) >= 11 is 0.